The molecule has 1 aliphatic rings. The smallest absolute Gasteiger partial charge is 0.345 e. The molecule has 2 atom stereocenters. The third-order valence-corrected chi connectivity index (χ3v) is 6.44. The Morgan fingerprint density at radius 3 is 2.52 bits per heavy atom. The van der Waals surface area contributed by atoms with E-state index in [9.17, 15) is 13.2 Å². The molecule has 2 unspecified atom stereocenters. The topological polar surface area (TPSA) is 83.5 Å². The maximum absolute atomic E-state index is 12.2. The van der Waals surface area contributed by atoms with E-state index < -0.39 is 16.0 Å². The lowest BCUT2D eigenvalue weighted by Gasteiger charge is -2.04. The van der Waals surface area contributed by atoms with E-state index in [1.165, 1.54) is 12.1 Å². The van der Waals surface area contributed by atoms with Crippen LogP contribution in [0.3, 0.4) is 0 Å². The first-order chi connectivity index (χ1) is 9.97. The van der Waals surface area contributed by atoms with Gasteiger partial charge >= 0.3 is 5.97 Å². The second-order valence-corrected chi connectivity index (χ2v) is 7.93. The summed E-state index contributed by atoms with van der Waals surface area (Å²) in [7, 11) is -3.65. The highest BCUT2D eigenvalue weighted by molar-refractivity contribution is 7.91. The summed E-state index contributed by atoms with van der Waals surface area (Å²) in [4.78, 5) is 10.8. The van der Waals surface area contributed by atoms with E-state index in [0.717, 1.165) is 23.3 Å². The van der Waals surface area contributed by atoms with Crippen LogP contribution in [0.5, 0.6) is 0 Å². The molecule has 1 aliphatic carbocycles. The van der Waals surface area contributed by atoms with Crippen LogP contribution in [0.1, 0.15) is 27.6 Å². The number of carboxylic acids is 1. The van der Waals surface area contributed by atoms with E-state index in [1.807, 2.05) is 30.3 Å². The minimum absolute atomic E-state index is 0.0192. The number of aromatic carboxylic acids is 1. The molecule has 2 aromatic rings. The third-order valence-electron chi connectivity index (χ3n) is 3.38. The summed E-state index contributed by atoms with van der Waals surface area (Å²) in [6.07, 6.45) is 0.764. The van der Waals surface area contributed by atoms with Crippen LogP contribution in [0.25, 0.3) is 0 Å². The van der Waals surface area contributed by atoms with E-state index in [1.54, 1.807) is 0 Å². The quantitative estimate of drug-likeness (QED) is 0.884. The Balaban J connectivity index is 1.71. The van der Waals surface area contributed by atoms with Crippen molar-refractivity contribution in [3.63, 3.8) is 0 Å². The van der Waals surface area contributed by atoms with Gasteiger partial charge in [-0.05, 0) is 24.1 Å². The summed E-state index contributed by atoms with van der Waals surface area (Å²) in [5.74, 6) is -0.921. The first kappa shape index (κ1) is 14.2. The molecule has 0 spiro atoms. The molecular formula is C14H13NO4S2. The SMILES string of the molecule is O=C(O)c1ccc(S(=O)(=O)NC2CC2c2ccccc2)s1. The fourth-order valence-electron chi connectivity index (χ4n) is 2.23. The number of hydrogen-bond acceptors (Lipinski definition) is 4. The van der Waals surface area contributed by atoms with Gasteiger partial charge in [0.15, 0.2) is 0 Å². The summed E-state index contributed by atoms with van der Waals surface area (Å²) in [5.41, 5.74) is 1.11. The molecule has 1 fully saturated rings. The second-order valence-electron chi connectivity index (χ2n) is 4.90. The van der Waals surface area contributed by atoms with Gasteiger partial charge in [-0.25, -0.2) is 17.9 Å². The number of hydrogen-bond donors (Lipinski definition) is 2. The lowest BCUT2D eigenvalue weighted by molar-refractivity contribution is 0.0702. The summed E-state index contributed by atoms with van der Waals surface area (Å²) >= 11 is 0.765. The number of nitrogens with one attached hydrogen (secondary N) is 1. The number of sulfonamides is 1. The molecule has 0 saturated heterocycles. The Morgan fingerprint density at radius 1 is 1.19 bits per heavy atom. The van der Waals surface area contributed by atoms with Crippen LogP contribution >= 0.6 is 11.3 Å². The van der Waals surface area contributed by atoms with Crippen LogP contribution in [0.15, 0.2) is 46.7 Å². The standard InChI is InChI=1S/C14H13NO4S2/c16-14(17)12-6-7-13(20-12)21(18,19)15-11-8-10(11)9-4-2-1-3-5-9/h1-7,10-11,15H,8H2,(H,16,17). The molecule has 5 nitrogen and oxygen atoms in total. The number of rotatable bonds is 5. The summed E-state index contributed by atoms with van der Waals surface area (Å²) in [6.45, 7) is 0. The molecule has 1 aromatic carbocycles. The minimum atomic E-state index is -3.65. The van der Waals surface area contributed by atoms with Crippen LogP contribution < -0.4 is 4.72 Å². The molecule has 0 amide bonds. The van der Waals surface area contributed by atoms with Crippen molar-refractivity contribution in [3.8, 4) is 0 Å². The Bertz CT molecular complexity index is 767. The Kier molecular flexibility index (Phi) is 3.56. The van der Waals surface area contributed by atoms with Crippen molar-refractivity contribution in [1.29, 1.82) is 0 Å². The van der Waals surface area contributed by atoms with Crippen molar-refractivity contribution in [3.05, 3.63) is 52.9 Å². The lowest BCUT2D eigenvalue weighted by Crippen LogP contribution is -2.26. The van der Waals surface area contributed by atoms with E-state index in [2.05, 4.69) is 4.72 Å². The minimum Gasteiger partial charge on any atom is -0.477 e. The van der Waals surface area contributed by atoms with Crippen molar-refractivity contribution in [2.24, 2.45) is 0 Å². The van der Waals surface area contributed by atoms with Gasteiger partial charge in [0.2, 0.25) is 10.0 Å². The Labute approximate surface area is 126 Å². The predicted molar refractivity (Wildman–Crippen MR) is 79.2 cm³/mol. The number of benzene rings is 1. The van der Waals surface area contributed by atoms with E-state index >= 15 is 0 Å². The maximum atomic E-state index is 12.2. The van der Waals surface area contributed by atoms with Gasteiger partial charge in [-0.1, -0.05) is 30.3 Å². The Morgan fingerprint density at radius 2 is 1.90 bits per heavy atom. The van der Waals surface area contributed by atoms with Gasteiger partial charge in [-0.15, -0.1) is 11.3 Å². The summed E-state index contributed by atoms with van der Waals surface area (Å²) < 4.78 is 27.1. The zero-order chi connectivity index (χ0) is 15.0. The van der Waals surface area contributed by atoms with Crippen LogP contribution in [0, 0.1) is 0 Å². The molecular weight excluding hydrogens is 310 g/mol. The first-order valence-corrected chi connectivity index (χ1v) is 8.68. The fourth-order valence-corrected chi connectivity index (χ4v) is 4.68. The van der Waals surface area contributed by atoms with Crippen molar-refractivity contribution >= 4 is 27.3 Å². The van der Waals surface area contributed by atoms with Crippen molar-refractivity contribution in [2.45, 2.75) is 22.6 Å². The van der Waals surface area contributed by atoms with Crippen LogP contribution in [-0.4, -0.2) is 25.5 Å². The van der Waals surface area contributed by atoms with Gasteiger partial charge < -0.3 is 5.11 Å². The second kappa shape index (κ2) is 5.25. The predicted octanol–water partition coefficient (Wildman–Crippen LogP) is 2.28. The number of carboxylic acid groups (broad SMARTS) is 1. The van der Waals surface area contributed by atoms with E-state index in [-0.39, 0.29) is 21.0 Å². The monoisotopic (exact) mass is 323 g/mol. The van der Waals surface area contributed by atoms with Crippen LogP contribution in [0.2, 0.25) is 0 Å². The Hall–Kier alpha value is -1.70. The van der Waals surface area contributed by atoms with Gasteiger partial charge in [0.05, 0.1) is 0 Å². The molecule has 1 heterocycles. The molecule has 110 valence electrons. The highest BCUT2D eigenvalue weighted by atomic mass is 32.2. The average molecular weight is 323 g/mol. The molecule has 0 aliphatic heterocycles. The van der Waals surface area contributed by atoms with Crippen molar-refractivity contribution in [2.75, 3.05) is 0 Å². The molecule has 3 rings (SSSR count). The summed E-state index contributed by atoms with van der Waals surface area (Å²) in [5, 5.41) is 8.84. The summed E-state index contributed by atoms with van der Waals surface area (Å²) in [6, 6.07) is 12.3. The molecule has 1 saturated carbocycles. The molecule has 0 bridgehead atoms. The van der Waals surface area contributed by atoms with Crippen LogP contribution in [0.4, 0.5) is 0 Å². The largest absolute Gasteiger partial charge is 0.477 e. The normalized spacial score (nSPS) is 21.1. The zero-order valence-corrected chi connectivity index (χ0v) is 12.5. The van der Waals surface area contributed by atoms with Gasteiger partial charge in [-0.2, -0.15) is 0 Å². The van der Waals surface area contributed by atoms with Gasteiger partial charge in [0, 0.05) is 12.0 Å². The fraction of sp³-hybridized carbons (Fsp3) is 0.214. The lowest BCUT2D eigenvalue weighted by atomic mass is 10.1. The highest BCUT2D eigenvalue weighted by Gasteiger charge is 2.41. The molecule has 1 aromatic heterocycles. The van der Waals surface area contributed by atoms with Crippen LogP contribution in [-0.2, 0) is 10.0 Å². The molecule has 21 heavy (non-hydrogen) atoms. The molecule has 0 radical (unpaired) electrons. The average Bonchev–Trinajstić information content (AvgIpc) is 3.01. The zero-order valence-electron chi connectivity index (χ0n) is 10.9. The van der Waals surface area contributed by atoms with Gasteiger partial charge in [-0.3, -0.25) is 0 Å². The first-order valence-electron chi connectivity index (χ1n) is 6.38. The number of thiophene rings is 1. The molecule has 7 heteroatoms. The molecule has 2 N–H and O–H groups in total. The van der Waals surface area contributed by atoms with Crippen molar-refractivity contribution < 1.29 is 18.3 Å². The highest BCUT2D eigenvalue weighted by Crippen LogP contribution is 2.41. The maximum Gasteiger partial charge on any atom is 0.345 e. The van der Waals surface area contributed by atoms with Gasteiger partial charge in [0.25, 0.3) is 0 Å². The van der Waals surface area contributed by atoms with E-state index in [0.29, 0.717) is 0 Å². The third kappa shape index (κ3) is 2.99. The van der Waals surface area contributed by atoms with Gasteiger partial charge in [0.1, 0.15) is 9.09 Å². The number of carbonyl (C=O) groups is 1. The van der Waals surface area contributed by atoms with Crippen molar-refractivity contribution in [1.82, 2.24) is 4.72 Å². The van der Waals surface area contributed by atoms with E-state index in [4.69, 9.17) is 5.11 Å².